The summed E-state index contributed by atoms with van der Waals surface area (Å²) in [7, 11) is 0. The first-order chi connectivity index (χ1) is 6.79. The van der Waals surface area contributed by atoms with Crippen molar-refractivity contribution >= 4 is 27.3 Å². The molecule has 0 amide bonds. The van der Waals surface area contributed by atoms with Crippen molar-refractivity contribution in [2.24, 2.45) is 0 Å². The molecule has 0 heterocycles. The van der Waals surface area contributed by atoms with Gasteiger partial charge in [-0.1, -0.05) is 30.3 Å². The highest BCUT2D eigenvalue weighted by molar-refractivity contribution is 9.12. The first-order valence-corrected chi connectivity index (χ1v) is 5.55. The number of ketones is 1. The highest BCUT2D eigenvalue weighted by atomic mass is 79.9. The lowest BCUT2D eigenvalue weighted by molar-refractivity contribution is -0.115. The van der Waals surface area contributed by atoms with Crippen LogP contribution >= 0.6 is 15.9 Å². The summed E-state index contributed by atoms with van der Waals surface area (Å²) in [6.45, 7) is 0. The number of hydrogen-bond donors (Lipinski definition) is 0. The van der Waals surface area contributed by atoms with Crippen LogP contribution in [0.2, 0.25) is 0 Å². The van der Waals surface area contributed by atoms with Gasteiger partial charge in [0.05, 0.1) is 4.48 Å². The van der Waals surface area contributed by atoms with Crippen molar-refractivity contribution < 1.29 is 4.79 Å². The number of Topliss-reactive ketones (excluding diaryl/α,β-unsaturated/α-hetero) is 1. The van der Waals surface area contributed by atoms with Gasteiger partial charge in [0.15, 0.2) is 5.78 Å². The van der Waals surface area contributed by atoms with Crippen LogP contribution in [0.15, 0.2) is 34.8 Å². The van der Waals surface area contributed by atoms with Gasteiger partial charge in [-0.2, -0.15) is 0 Å². The summed E-state index contributed by atoms with van der Waals surface area (Å²) >= 11 is 3.39. The van der Waals surface area contributed by atoms with E-state index < -0.39 is 0 Å². The summed E-state index contributed by atoms with van der Waals surface area (Å²) in [5.41, 5.74) is 2.31. The van der Waals surface area contributed by atoms with E-state index in [2.05, 4.69) is 28.1 Å². The van der Waals surface area contributed by atoms with Gasteiger partial charge >= 0.3 is 0 Å². The van der Waals surface area contributed by atoms with Crippen LogP contribution in [-0.2, 0) is 4.79 Å². The van der Waals surface area contributed by atoms with Crippen LogP contribution in [0, 0.1) is 0 Å². The third-order valence-electron chi connectivity index (χ3n) is 2.46. The van der Waals surface area contributed by atoms with E-state index >= 15 is 0 Å². The lowest BCUT2D eigenvalue weighted by Gasteiger charge is -2.15. The van der Waals surface area contributed by atoms with E-state index in [0.717, 1.165) is 28.5 Å². The fourth-order valence-electron chi connectivity index (χ4n) is 1.72. The lowest BCUT2D eigenvalue weighted by atomic mass is 9.93. The number of rotatable bonds is 1. The molecule has 0 fully saturated rings. The van der Waals surface area contributed by atoms with Crippen LogP contribution in [0.5, 0.6) is 0 Å². The SMILES string of the molecule is O=C1CCCC(c2ccccc2)=C1Br. The highest BCUT2D eigenvalue weighted by Gasteiger charge is 2.18. The zero-order valence-corrected chi connectivity index (χ0v) is 9.38. The van der Waals surface area contributed by atoms with E-state index in [4.69, 9.17) is 0 Å². The van der Waals surface area contributed by atoms with Gasteiger partial charge in [0.1, 0.15) is 0 Å². The minimum Gasteiger partial charge on any atom is -0.294 e. The summed E-state index contributed by atoms with van der Waals surface area (Å²) in [4.78, 5) is 11.5. The topological polar surface area (TPSA) is 17.1 Å². The van der Waals surface area contributed by atoms with Gasteiger partial charge in [-0.25, -0.2) is 0 Å². The maximum atomic E-state index is 11.5. The molecular formula is C12H11BrO. The Morgan fingerprint density at radius 2 is 1.79 bits per heavy atom. The van der Waals surface area contributed by atoms with Crippen molar-refractivity contribution in [1.29, 1.82) is 0 Å². The molecule has 0 aliphatic heterocycles. The molecule has 1 aromatic rings. The van der Waals surface area contributed by atoms with Crippen molar-refractivity contribution in [3.63, 3.8) is 0 Å². The van der Waals surface area contributed by atoms with Crippen molar-refractivity contribution in [1.82, 2.24) is 0 Å². The van der Waals surface area contributed by atoms with E-state index in [-0.39, 0.29) is 5.78 Å². The molecule has 1 aliphatic carbocycles. The minimum atomic E-state index is 0.232. The normalized spacial score (nSPS) is 17.4. The summed E-state index contributed by atoms with van der Waals surface area (Å²) in [5.74, 6) is 0.232. The minimum absolute atomic E-state index is 0.232. The molecule has 0 spiro atoms. The molecule has 0 atom stereocenters. The Bertz CT molecular complexity index is 379. The first kappa shape index (κ1) is 9.66. The standard InChI is InChI=1S/C12H11BrO/c13-12-10(7-4-8-11(12)14)9-5-2-1-3-6-9/h1-3,5-6H,4,7-8H2. The fraction of sp³-hybridized carbons (Fsp3) is 0.250. The number of benzene rings is 1. The van der Waals surface area contributed by atoms with Crippen LogP contribution in [0.25, 0.3) is 5.57 Å². The summed E-state index contributed by atoms with van der Waals surface area (Å²) in [6, 6.07) is 10.1. The van der Waals surface area contributed by atoms with E-state index in [1.165, 1.54) is 0 Å². The predicted molar refractivity (Wildman–Crippen MR) is 61.1 cm³/mol. The molecule has 0 saturated heterocycles. The number of halogens is 1. The molecule has 0 unspecified atom stereocenters. The maximum Gasteiger partial charge on any atom is 0.170 e. The van der Waals surface area contributed by atoms with Gasteiger partial charge in [-0.05, 0) is 39.9 Å². The van der Waals surface area contributed by atoms with Gasteiger partial charge in [-0.15, -0.1) is 0 Å². The first-order valence-electron chi connectivity index (χ1n) is 4.76. The smallest absolute Gasteiger partial charge is 0.170 e. The number of hydrogen-bond acceptors (Lipinski definition) is 1. The molecule has 2 heteroatoms. The maximum absolute atomic E-state index is 11.5. The van der Waals surface area contributed by atoms with Crippen molar-refractivity contribution in [3.05, 3.63) is 40.4 Å². The van der Waals surface area contributed by atoms with Gasteiger partial charge in [-0.3, -0.25) is 4.79 Å². The molecular weight excluding hydrogens is 240 g/mol. The average Bonchev–Trinajstić information content (AvgIpc) is 2.23. The molecule has 1 nitrogen and oxygen atoms in total. The van der Waals surface area contributed by atoms with E-state index in [1.54, 1.807) is 0 Å². The van der Waals surface area contributed by atoms with Crippen LogP contribution in [0.1, 0.15) is 24.8 Å². The Morgan fingerprint density at radius 3 is 2.50 bits per heavy atom. The number of carbonyl (C=O) groups is 1. The second-order valence-electron chi connectivity index (χ2n) is 3.44. The number of allylic oxidation sites excluding steroid dienone is 2. The molecule has 0 saturated carbocycles. The molecule has 14 heavy (non-hydrogen) atoms. The van der Waals surface area contributed by atoms with Gasteiger partial charge < -0.3 is 0 Å². The molecule has 0 bridgehead atoms. The third kappa shape index (κ3) is 1.80. The Hall–Kier alpha value is -0.890. The predicted octanol–water partition coefficient (Wildman–Crippen LogP) is 3.55. The zero-order valence-electron chi connectivity index (χ0n) is 7.79. The Labute approximate surface area is 92.0 Å². The lowest BCUT2D eigenvalue weighted by Crippen LogP contribution is -2.06. The van der Waals surface area contributed by atoms with Crippen LogP contribution < -0.4 is 0 Å². The van der Waals surface area contributed by atoms with Crippen molar-refractivity contribution in [3.8, 4) is 0 Å². The van der Waals surface area contributed by atoms with Crippen LogP contribution in [0.4, 0.5) is 0 Å². The van der Waals surface area contributed by atoms with Gasteiger partial charge in [0.25, 0.3) is 0 Å². The van der Waals surface area contributed by atoms with Crippen LogP contribution in [-0.4, -0.2) is 5.78 Å². The fourth-order valence-corrected chi connectivity index (χ4v) is 2.35. The van der Waals surface area contributed by atoms with E-state index in [1.807, 2.05) is 18.2 Å². The Balaban J connectivity index is 2.43. The highest BCUT2D eigenvalue weighted by Crippen LogP contribution is 2.33. The van der Waals surface area contributed by atoms with Crippen LogP contribution in [0.3, 0.4) is 0 Å². The van der Waals surface area contributed by atoms with Gasteiger partial charge in [0, 0.05) is 6.42 Å². The molecule has 0 N–H and O–H groups in total. The molecule has 1 aliphatic rings. The van der Waals surface area contributed by atoms with Gasteiger partial charge in [0.2, 0.25) is 0 Å². The molecule has 0 radical (unpaired) electrons. The quantitative estimate of drug-likeness (QED) is 0.746. The van der Waals surface area contributed by atoms with E-state index in [9.17, 15) is 4.79 Å². The molecule has 72 valence electrons. The number of carbonyl (C=O) groups excluding carboxylic acids is 1. The Kier molecular flexibility index (Phi) is 2.82. The Morgan fingerprint density at radius 1 is 1.07 bits per heavy atom. The summed E-state index contributed by atoms with van der Waals surface area (Å²) < 4.78 is 0.773. The second-order valence-corrected chi connectivity index (χ2v) is 4.23. The molecule has 0 aromatic heterocycles. The molecule has 1 aromatic carbocycles. The summed E-state index contributed by atoms with van der Waals surface area (Å²) in [6.07, 6.45) is 2.64. The molecule has 2 rings (SSSR count). The van der Waals surface area contributed by atoms with Crippen molar-refractivity contribution in [2.45, 2.75) is 19.3 Å². The second kappa shape index (κ2) is 4.09. The third-order valence-corrected chi connectivity index (χ3v) is 3.38. The largest absolute Gasteiger partial charge is 0.294 e. The average molecular weight is 251 g/mol. The van der Waals surface area contributed by atoms with Crippen molar-refractivity contribution in [2.75, 3.05) is 0 Å². The van der Waals surface area contributed by atoms with E-state index in [0.29, 0.717) is 6.42 Å². The monoisotopic (exact) mass is 250 g/mol. The summed E-state index contributed by atoms with van der Waals surface area (Å²) in [5, 5.41) is 0. The zero-order chi connectivity index (χ0) is 9.97.